The van der Waals surface area contributed by atoms with E-state index in [1.165, 1.54) is 0 Å². The first-order chi connectivity index (χ1) is 9.37. The highest BCUT2D eigenvalue weighted by molar-refractivity contribution is 9.10. The third-order valence-corrected chi connectivity index (χ3v) is 4.31. The highest BCUT2D eigenvalue weighted by Crippen LogP contribution is 2.41. The quantitative estimate of drug-likeness (QED) is 0.871. The van der Waals surface area contributed by atoms with E-state index in [1.54, 1.807) is 6.92 Å². The second-order valence-corrected chi connectivity index (χ2v) is 6.44. The molecule has 20 heavy (non-hydrogen) atoms. The van der Waals surface area contributed by atoms with E-state index >= 15 is 0 Å². The highest BCUT2D eigenvalue weighted by Gasteiger charge is 2.32. The fourth-order valence-corrected chi connectivity index (χ4v) is 2.69. The number of ether oxygens (including phenoxy) is 1. The molecule has 0 spiro atoms. The van der Waals surface area contributed by atoms with Gasteiger partial charge in [0.25, 0.3) is 5.56 Å². The number of rotatable bonds is 1. The molecule has 1 aliphatic rings. The van der Waals surface area contributed by atoms with Gasteiger partial charge < -0.3 is 9.72 Å². The Kier molecular flexibility index (Phi) is 2.97. The Hall–Kier alpha value is -1.62. The largest absolute Gasteiger partial charge is 0.486 e. The number of hydrogen-bond donors (Lipinski definition) is 1. The van der Waals surface area contributed by atoms with Gasteiger partial charge in [0.2, 0.25) is 0 Å². The number of para-hydroxylation sites is 1. The number of nitrogens with zero attached hydrogens (tertiary/aromatic N) is 1. The van der Waals surface area contributed by atoms with Gasteiger partial charge in [-0.2, -0.15) is 0 Å². The summed E-state index contributed by atoms with van der Waals surface area (Å²) in [7, 11) is 0. The lowest BCUT2D eigenvalue weighted by atomic mass is 10.0. The van der Waals surface area contributed by atoms with Crippen LogP contribution in [-0.2, 0) is 6.42 Å². The lowest BCUT2D eigenvalue weighted by Crippen LogP contribution is -2.24. The maximum atomic E-state index is 11.9. The number of aromatic amines is 1. The summed E-state index contributed by atoms with van der Waals surface area (Å²) >= 11 is 3.23. The summed E-state index contributed by atoms with van der Waals surface area (Å²) in [6, 6.07) is 5.94. The third-order valence-electron chi connectivity index (χ3n) is 3.37. The van der Waals surface area contributed by atoms with E-state index in [1.807, 2.05) is 12.1 Å². The normalized spacial score (nSPS) is 15.8. The molecule has 1 aliphatic heterocycles. The van der Waals surface area contributed by atoms with Crippen LogP contribution in [0.15, 0.2) is 27.5 Å². The molecule has 0 aliphatic carbocycles. The molecule has 0 amide bonds. The molecule has 3 rings (SSSR count). The summed E-state index contributed by atoms with van der Waals surface area (Å²) in [5.74, 6) is 1.37. The van der Waals surface area contributed by atoms with Gasteiger partial charge in [0, 0.05) is 6.42 Å². The number of hydrogen-bond acceptors (Lipinski definition) is 3. The Bertz CT molecular complexity index is 750. The first-order valence-corrected chi connectivity index (χ1v) is 7.24. The predicted octanol–water partition coefficient (Wildman–Crippen LogP) is 3.22. The van der Waals surface area contributed by atoms with Crippen molar-refractivity contribution in [2.45, 2.75) is 32.8 Å². The SMILES string of the molecule is Cc1nc(-c2cccc3c2OC(C)(C)C3)[nH]c(=O)c1Br. The zero-order valence-corrected chi connectivity index (χ0v) is 13.2. The van der Waals surface area contributed by atoms with Crippen molar-refractivity contribution in [2.24, 2.45) is 0 Å². The first kappa shape index (κ1) is 13.4. The summed E-state index contributed by atoms with van der Waals surface area (Å²) in [6.45, 7) is 5.91. The fourth-order valence-electron chi connectivity index (χ4n) is 2.50. The Morgan fingerprint density at radius 1 is 1.40 bits per heavy atom. The van der Waals surface area contributed by atoms with E-state index in [-0.39, 0.29) is 11.2 Å². The number of fused-ring (bicyclic) bond motifs is 1. The van der Waals surface area contributed by atoms with Crippen LogP contribution in [0, 0.1) is 6.92 Å². The molecule has 5 heteroatoms. The van der Waals surface area contributed by atoms with Crippen molar-refractivity contribution in [3.8, 4) is 17.1 Å². The van der Waals surface area contributed by atoms with Crippen LogP contribution < -0.4 is 10.3 Å². The van der Waals surface area contributed by atoms with Gasteiger partial charge >= 0.3 is 0 Å². The maximum Gasteiger partial charge on any atom is 0.265 e. The monoisotopic (exact) mass is 334 g/mol. The second-order valence-electron chi connectivity index (χ2n) is 5.65. The Balaban J connectivity index is 2.19. The molecule has 1 aromatic carbocycles. The predicted molar refractivity (Wildman–Crippen MR) is 81.1 cm³/mol. The zero-order valence-electron chi connectivity index (χ0n) is 11.6. The number of aromatic nitrogens is 2. The molecule has 0 radical (unpaired) electrons. The first-order valence-electron chi connectivity index (χ1n) is 6.45. The van der Waals surface area contributed by atoms with Crippen LogP contribution in [0.3, 0.4) is 0 Å². The van der Waals surface area contributed by atoms with Gasteiger partial charge in [0.15, 0.2) is 0 Å². The van der Waals surface area contributed by atoms with Crippen LogP contribution in [0.4, 0.5) is 0 Å². The average molecular weight is 335 g/mol. The molecule has 0 fully saturated rings. The van der Waals surface area contributed by atoms with Crippen molar-refractivity contribution in [1.82, 2.24) is 9.97 Å². The zero-order chi connectivity index (χ0) is 14.5. The van der Waals surface area contributed by atoms with Crippen LogP contribution in [0.5, 0.6) is 5.75 Å². The van der Waals surface area contributed by atoms with Gasteiger partial charge in [-0.05, 0) is 48.3 Å². The maximum absolute atomic E-state index is 11.9. The van der Waals surface area contributed by atoms with Crippen LogP contribution in [0.25, 0.3) is 11.4 Å². The molecule has 0 unspecified atom stereocenters. The minimum Gasteiger partial charge on any atom is -0.486 e. The van der Waals surface area contributed by atoms with E-state index in [0.717, 1.165) is 23.3 Å². The fraction of sp³-hybridized carbons (Fsp3) is 0.333. The van der Waals surface area contributed by atoms with E-state index in [4.69, 9.17) is 4.74 Å². The van der Waals surface area contributed by atoms with Crippen molar-refractivity contribution >= 4 is 15.9 Å². The summed E-state index contributed by atoms with van der Waals surface area (Å²) in [6.07, 6.45) is 0.857. The van der Waals surface area contributed by atoms with Gasteiger partial charge in [-0.15, -0.1) is 0 Å². The van der Waals surface area contributed by atoms with E-state index in [9.17, 15) is 4.79 Å². The Morgan fingerprint density at radius 3 is 2.85 bits per heavy atom. The van der Waals surface area contributed by atoms with Crippen LogP contribution in [0.2, 0.25) is 0 Å². The average Bonchev–Trinajstić information content (AvgIpc) is 2.68. The van der Waals surface area contributed by atoms with Crippen molar-refractivity contribution in [3.63, 3.8) is 0 Å². The molecule has 1 N–H and O–H groups in total. The summed E-state index contributed by atoms with van der Waals surface area (Å²) < 4.78 is 6.48. The Morgan fingerprint density at radius 2 is 2.15 bits per heavy atom. The molecule has 0 bridgehead atoms. The Labute approximate surface area is 125 Å². The van der Waals surface area contributed by atoms with Gasteiger partial charge in [-0.1, -0.05) is 12.1 Å². The van der Waals surface area contributed by atoms with E-state index in [2.05, 4.69) is 45.8 Å². The minimum absolute atomic E-state index is 0.178. The van der Waals surface area contributed by atoms with Crippen LogP contribution >= 0.6 is 15.9 Å². The third kappa shape index (κ3) is 2.16. The van der Waals surface area contributed by atoms with Crippen LogP contribution in [0.1, 0.15) is 25.1 Å². The van der Waals surface area contributed by atoms with Crippen molar-refractivity contribution in [1.29, 1.82) is 0 Å². The van der Waals surface area contributed by atoms with Crippen molar-refractivity contribution in [3.05, 3.63) is 44.3 Å². The number of aryl methyl sites for hydroxylation is 1. The molecule has 4 nitrogen and oxygen atoms in total. The topological polar surface area (TPSA) is 55.0 Å². The van der Waals surface area contributed by atoms with Crippen molar-refractivity contribution in [2.75, 3.05) is 0 Å². The smallest absolute Gasteiger partial charge is 0.265 e. The molecule has 2 heterocycles. The molecular formula is C15H15BrN2O2. The minimum atomic E-state index is -0.219. The lowest BCUT2D eigenvalue weighted by Gasteiger charge is -2.18. The lowest BCUT2D eigenvalue weighted by molar-refractivity contribution is 0.139. The molecule has 0 saturated carbocycles. The van der Waals surface area contributed by atoms with Crippen LogP contribution in [-0.4, -0.2) is 15.6 Å². The summed E-state index contributed by atoms with van der Waals surface area (Å²) in [4.78, 5) is 19.1. The highest BCUT2D eigenvalue weighted by atomic mass is 79.9. The van der Waals surface area contributed by atoms with Gasteiger partial charge in [-0.3, -0.25) is 4.79 Å². The standard InChI is InChI=1S/C15H15BrN2O2/c1-8-11(16)14(19)18-13(17-8)10-6-4-5-9-7-15(2,3)20-12(9)10/h4-6H,7H2,1-3H3,(H,17,18,19). The molecule has 1 aromatic heterocycles. The molecular weight excluding hydrogens is 320 g/mol. The molecule has 0 saturated heterocycles. The van der Waals surface area contributed by atoms with Gasteiger partial charge in [0.05, 0.1) is 11.3 Å². The molecule has 0 atom stereocenters. The summed E-state index contributed by atoms with van der Waals surface area (Å²) in [5, 5.41) is 0. The van der Waals surface area contributed by atoms with Crippen molar-refractivity contribution < 1.29 is 4.74 Å². The van der Waals surface area contributed by atoms with Gasteiger partial charge in [-0.25, -0.2) is 4.98 Å². The second kappa shape index (κ2) is 4.45. The number of nitrogens with one attached hydrogen (secondary N) is 1. The van der Waals surface area contributed by atoms with E-state index in [0.29, 0.717) is 16.0 Å². The van der Waals surface area contributed by atoms with E-state index < -0.39 is 0 Å². The van der Waals surface area contributed by atoms with Gasteiger partial charge in [0.1, 0.15) is 21.6 Å². The number of H-pyrrole nitrogens is 1. The molecule has 104 valence electrons. The number of benzene rings is 1. The summed E-state index contributed by atoms with van der Waals surface area (Å²) in [5.41, 5.74) is 2.25. The number of halogens is 1. The molecule has 2 aromatic rings.